The van der Waals surface area contributed by atoms with Crippen LogP contribution in [-0.2, 0) is 4.79 Å². The molecular formula is C19H21F3N6O. The summed E-state index contributed by atoms with van der Waals surface area (Å²) in [6.07, 6.45) is 0.0786. The number of carbonyl (C=O) groups is 1. The minimum absolute atomic E-state index is 0.415. The maximum Gasteiger partial charge on any atom is 0.406 e. The van der Waals surface area contributed by atoms with Gasteiger partial charge in [-0.1, -0.05) is 0 Å². The van der Waals surface area contributed by atoms with Gasteiger partial charge < -0.3 is 14.8 Å². The van der Waals surface area contributed by atoms with Gasteiger partial charge in [-0.2, -0.15) is 13.2 Å². The number of halogens is 3. The number of hydrogen-bond donors (Lipinski definition) is 1. The first-order chi connectivity index (χ1) is 13.7. The van der Waals surface area contributed by atoms with Crippen molar-refractivity contribution in [2.24, 2.45) is 5.92 Å². The van der Waals surface area contributed by atoms with Crippen LogP contribution in [-0.4, -0.2) is 63.6 Å². The molecule has 29 heavy (non-hydrogen) atoms. The van der Waals surface area contributed by atoms with Gasteiger partial charge in [0.05, 0.1) is 17.1 Å². The van der Waals surface area contributed by atoms with Gasteiger partial charge in [-0.25, -0.2) is 15.0 Å². The normalized spacial score (nSPS) is 16.0. The lowest BCUT2D eigenvalue weighted by atomic mass is 9.95. The zero-order valence-electron chi connectivity index (χ0n) is 16.1. The summed E-state index contributed by atoms with van der Waals surface area (Å²) in [6.45, 7) is 1.67. The number of hydrogen-bond acceptors (Lipinski definition) is 5. The van der Waals surface area contributed by atoms with E-state index in [0.717, 1.165) is 32.7 Å². The Kier molecular flexibility index (Phi) is 4.79. The summed E-state index contributed by atoms with van der Waals surface area (Å²) < 4.78 is 37.7. The Morgan fingerprint density at radius 1 is 1.31 bits per heavy atom. The largest absolute Gasteiger partial charge is 0.406 e. The number of aromatic nitrogens is 4. The summed E-state index contributed by atoms with van der Waals surface area (Å²) in [5.74, 6) is 0.519. The van der Waals surface area contributed by atoms with Crippen LogP contribution in [0.3, 0.4) is 0 Å². The van der Waals surface area contributed by atoms with Crippen LogP contribution >= 0.6 is 0 Å². The lowest BCUT2D eigenvalue weighted by Gasteiger charge is -2.34. The number of rotatable bonds is 3. The Bertz CT molecular complexity index is 1060. The second-order valence-corrected chi connectivity index (χ2v) is 7.42. The molecule has 0 unspecified atom stereocenters. The molecule has 0 spiro atoms. The van der Waals surface area contributed by atoms with E-state index in [0.29, 0.717) is 31.8 Å². The van der Waals surface area contributed by atoms with E-state index in [2.05, 4.69) is 24.8 Å². The highest BCUT2D eigenvalue weighted by molar-refractivity contribution is 6.09. The highest BCUT2D eigenvalue weighted by atomic mass is 19.4. The van der Waals surface area contributed by atoms with Gasteiger partial charge in [-0.3, -0.25) is 4.79 Å². The van der Waals surface area contributed by atoms with Gasteiger partial charge in [0.1, 0.15) is 23.8 Å². The number of H-pyrrole nitrogens is 1. The van der Waals surface area contributed by atoms with Crippen LogP contribution in [0.4, 0.5) is 19.0 Å². The molecule has 154 valence electrons. The molecule has 0 radical (unpaired) electrons. The molecule has 3 aromatic rings. The minimum Gasteiger partial charge on any atom is -0.356 e. The smallest absolute Gasteiger partial charge is 0.356 e. The minimum atomic E-state index is -4.39. The molecule has 10 heteroatoms. The van der Waals surface area contributed by atoms with E-state index in [1.807, 2.05) is 19.2 Å². The molecule has 0 aromatic carbocycles. The van der Waals surface area contributed by atoms with Crippen LogP contribution in [0.1, 0.15) is 18.7 Å². The van der Waals surface area contributed by atoms with E-state index in [4.69, 9.17) is 0 Å². The molecule has 4 rings (SSSR count). The molecular weight excluding hydrogens is 385 g/mol. The Morgan fingerprint density at radius 2 is 2.03 bits per heavy atom. The number of aryl methyl sites for hydroxylation is 1. The number of nitrogens with one attached hydrogen (secondary N) is 1. The van der Waals surface area contributed by atoms with E-state index in [1.165, 1.54) is 7.05 Å². The van der Waals surface area contributed by atoms with Crippen molar-refractivity contribution in [1.29, 1.82) is 0 Å². The number of amides is 1. The van der Waals surface area contributed by atoms with Gasteiger partial charge in [-0.05, 0) is 25.8 Å². The first-order valence-corrected chi connectivity index (χ1v) is 9.40. The Labute approximate surface area is 164 Å². The maximum atomic E-state index is 12.6. The van der Waals surface area contributed by atoms with Crippen LogP contribution in [0.15, 0.2) is 18.5 Å². The Morgan fingerprint density at radius 3 is 2.72 bits per heavy atom. The summed E-state index contributed by atoms with van der Waals surface area (Å²) in [4.78, 5) is 31.8. The van der Waals surface area contributed by atoms with Crippen molar-refractivity contribution in [3.63, 3.8) is 0 Å². The van der Waals surface area contributed by atoms with Crippen LogP contribution in [0.2, 0.25) is 0 Å². The average Bonchev–Trinajstić information content (AvgIpc) is 3.14. The lowest BCUT2D eigenvalue weighted by Crippen LogP contribution is -2.44. The fourth-order valence-corrected chi connectivity index (χ4v) is 3.95. The highest BCUT2D eigenvalue weighted by Crippen LogP contribution is 2.33. The second-order valence-electron chi connectivity index (χ2n) is 7.42. The zero-order valence-corrected chi connectivity index (χ0v) is 16.1. The number of alkyl halides is 3. The summed E-state index contributed by atoms with van der Waals surface area (Å²) in [5, 5.41) is 1.81. The number of carbonyl (C=O) groups excluding carboxylic acids is 1. The van der Waals surface area contributed by atoms with Gasteiger partial charge in [0.2, 0.25) is 5.91 Å². The van der Waals surface area contributed by atoms with Crippen LogP contribution < -0.4 is 4.90 Å². The standard InChI is InChI=1S/C19H21F3N6O/c1-11-25-14-9-24-16-13(3-6-23-16)15(14)17(26-11)28-7-4-12(5-8-28)18(29)27(2)10-19(20,21)22/h3,6,9,12H,4-5,7-8,10H2,1-2H3,(H,23,24). The number of anilines is 1. The molecule has 0 atom stereocenters. The third-order valence-corrected chi connectivity index (χ3v) is 5.28. The first kappa shape index (κ1) is 19.4. The predicted octanol–water partition coefficient (Wildman–Crippen LogP) is 3.05. The molecule has 4 heterocycles. The third-order valence-electron chi connectivity index (χ3n) is 5.28. The number of fused-ring (bicyclic) bond motifs is 3. The van der Waals surface area contributed by atoms with Crippen LogP contribution in [0, 0.1) is 12.8 Å². The fraction of sp³-hybridized carbons (Fsp3) is 0.474. The molecule has 1 saturated heterocycles. The maximum absolute atomic E-state index is 12.6. The van der Waals surface area contributed by atoms with Crippen molar-refractivity contribution >= 4 is 33.7 Å². The summed E-state index contributed by atoms with van der Waals surface area (Å²) in [7, 11) is 1.21. The van der Waals surface area contributed by atoms with Crippen molar-refractivity contribution in [2.75, 3.05) is 31.6 Å². The topological polar surface area (TPSA) is 78.0 Å². The quantitative estimate of drug-likeness (QED) is 0.723. The van der Waals surface area contributed by atoms with E-state index in [9.17, 15) is 18.0 Å². The van der Waals surface area contributed by atoms with Crippen molar-refractivity contribution in [2.45, 2.75) is 25.9 Å². The zero-order chi connectivity index (χ0) is 20.8. The second kappa shape index (κ2) is 7.16. The Balaban J connectivity index is 1.57. The van der Waals surface area contributed by atoms with Crippen molar-refractivity contribution in [3.8, 4) is 0 Å². The first-order valence-electron chi connectivity index (χ1n) is 9.40. The number of aromatic amines is 1. The Hall–Kier alpha value is -2.91. The van der Waals surface area contributed by atoms with E-state index < -0.39 is 24.5 Å². The molecule has 1 aliphatic rings. The fourth-order valence-electron chi connectivity index (χ4n) is 3.95. The third kappa shape index (κ3) is 3.83. The predicted molar refractivity (Wildman–Crippen MR) is 103 cm³/mol. The average molecular weight is 406 g/mol. The van der Waals surface area contributed by atoms with Gasteiger partial charge in [0.25, 0.3) is 0 Å². The van der Waals surface area contributed by atoms with Crippen molar-refractivity contribution in [1.82, 2.24) is 24.8 Å². The number of nitrogens with zero attached hydrogens (tertiary/aromatic N) is 5. The van der Waals surface area contributed by atoms with Gasteiger partial charge in [-0.15, -0.1) is 0 Å². The summed E-state index contributed by atoms with van der Waals surface area (Å²) >= 11 is 0. The van der Waals surface area contributed by atoms with Crippen molar-refractivity contribution in [3.05, 3.63) is 24.3 Å². The van der Waals surface area contributed by atoms with Crippen molar-refractivity contribution < 1.29 is 18.0 Å². The number of piperidine rings is 1. The molecule has 1 fully saturated rings. The van der Waals surface area contributed by atoms with Crippen LogP contribution in [0.25, 0.3) is 21.9 Å². The molecule has 7 nitrogen and oxygen atoms in total. The van der Waals surface area contributed by atoms with Gasteiger partial charge >= 0.3 is 6.18 Å². The van der Waals surface area contributed by atoms with Gasteiger partial charge in [0.15, 0.2) is 0 Å². The van der Waals surface area contributed by atoms with Gasteiger partial charge in [0, 0.05) is 37.6 Å². The lowest BCUT2D eigenvalue weighted by molar-refractivity contribution is -0.161. The molecule has 1 aliphatic heterocycles. The van der Waals surface area contributed by atoms with E-state index in [-0.39, 0.29) is 0 Å². The molecule has 1 N–H and O–H groups in total. The number of pyridine rings is 1. The molecule has 0 bridgehead atoms. The molecule has 1 amide bonds. The van der Waals surface area contributed by atoms with Crippen LogP contribution in [0.5, 0.6) is 0 Å². The highest BCUT2D eigenvalue weighted by Gasteiger charge is 2.35. The monoisotopic (exact) mass is 406 g/mol. The molecule has 0 saturated carbocycles. The van der Waals surface area contributed by atoms with E-state index >= 15 is 0 Å². The molecule has 3 aromatic heterocycles. The molecule has 0 aliphatic carbocycles. The summed E-state index contributed by atoms with van der Waals surface area (Å²) in [5.41, 5.74) is 1.48. The SMILES string of the molecule is Cc1nc(N2CCC(C(=O)N(C)CC(F)(F)F)CC2)c2c(cnc3[nH]ccc32)n1. The summed E-state index contributed by atoms with van der Waals surface area (Å²) in [6, 6.07) is 1.93. The van der Waals surface area contributed by atoms with E-state index in [1.54, 1.807) is 6.20 Å².